The number of benzene rings is 2. The molecule has 0 aromatic heterocycles. The van der Waals surface area contributed by atoms with Crippen LogP contribution in [0.2, 0.25) is 0 Å². The standard InChI is InChI=1S/C17H18O8S/c1-22-10-5-6-11(13(7-10)23-2)17(18)12-8-16(26(19,20)21)15(25-4)9-14(12)24-3/h5-9H,1-4H3,(H,19,20,21). The van der Waals surface area contributed by atoms with Crippen molar-refractivity contribution in [2.75, 3.05) is 28.4 Å². The summed E-state index contributed by atoms with van der Waals surface area (Å²) < 4.78 is 53.1. The zero-order valence-electron chi connectivity index (χ0n) is 14.6. The van der Waals surface area contributed by atoms with Crippen LogP contribution >= 0.6 is 0 Å². The minimum atomic E-state index is -4.62. The molecule has 0 saturated carbocycles. The highest BCUT2D eigenvalue weighted by Gasteiger charge is 2.25. The molecule has 0 aliphatic carbocycles. The maximum absolute atomic E-state index is 13.0. The lowest BCUT2D eigenvalue weighted by molar-refractivity contribution is 0.103. The summed E-state index contributed by atoms with van der Waals surface area (Å²) in [5, 5.41) is 0. The van der Waals surface area contributed by atoms with Gasteiger partial charge in [-0.15, -0.1) is 0 Å². The molecule has 0 amide bonds. The van der Waals surface area contributed by atoms with E-state index in [9.17, 15) is 17.8 Å². The molecule has 0 aliphatic rings. The number of ketones is 1. The molecule has 2 aromatic carbocycles. The molecule has 0 unspecified atom stereocenters. The second-order valence-corrected chi connectivity index (χ2v) is 6.46. The Hall–Kier alpha value is -2.78. The zero-order chi connectivity index (χ0) is 19.5. The first-order valence-corrected chi connectivity index (χ1v) is 8.71. The van der Waals surface area contributed by atoms with Crippen molar-refractivity contribution in [1.82, 2.24) is 0 Å². The topological polar surface area (TPSA) is 108 Å². The largest absolute Gasteiger partial charge is 0.497 e. The number of hydrogen-bond donors (Lipinski definition) is 1. The number of rotatable bonds is 7. The third-order valence-corrected chi connectivity index (χ3v) is 4.54. The molecule has 0 aliphatic heterocycles. The Morgan fingerprint density at radius 2 is 1.38 bits per heavy atom. The summed E-state index contributed by atoms with van der Waals surface area (Å²) >= 11 is 0. The summed E-state index contributed by atoms with van der Waals surface area (Å²) in [6, 6.07) is 6.78. The quantitative estimate of drug-likeness (QED) is 0.573. The van der Waals surface area contributed by atoms with Crippen molar-refractivity contribution < 1.29 is 36.7 Å². The lowest BCUT2D eigenvalue weighted by Crippen LogP contribution is -2.10. The molecule has 0 radical (unpaired) electrons. The molecule has 0 fully saturated rings. The summed E-state index contributed by atoms with van der Waals surface area (Å²) in [5.74, 6) is 0.0907. The van der Waals surface area contributed by atoms with Gasteiger partial charge in [-0.1, -0.05) is 0 Å². The Balaban J connectivity index is 2.69. The van der Waals surface area contributed by atoms with Crippen molar-refractivity contribution >= 4 is 15.9 Å². The van der Waals surface area contributed by atoms with Crippen LogP contribution in [-0.4, -0.2) is 47.2 Å². The average molecular weight is 382 g/mol. The Morgan fingerprint density at radius 3 is 1.88 bits per heavy atom. The van der Waals surface area contributed by atoms with Crippen molar-refractivity contribution in [3.05, 3.63) is 41.5 Å². The molecule has 0 atom stereocenters. The van der Waals surface area contributed by atoms with E-state index >= 15 is 0 Å². The fourth-order valence-electron chi connectivity index (χ4n) is 2.38. The third-order valence-electron chi connectivity index (χ3n) is 3.66. The van der Waals surface area contributed by atoms with Gasteiger partial charge in [-0.05, 0) is 18.2 Å². The first-order valence-electron chi connectivity index (χ1n) is 7.27. The minimum Gasteiger partial charge on any atom is -0.497 e. The van der Waals surface area contributed by atoms with E-state index in [1.165, 1.54) is 46.6 Å². The molecule has 0 saturated heterocycles. The van der Waals surface area contributed by atoms with E-state index < -0.39 is 20.8 Å². The third kappa shape index (κ3) is 3.73. The number of ether oxygens (including phenoxy) is 4. The number of carbonyl (C=O) groups excluding carboxylic acids is 1. The highest BCUT2D eigenvalue weighted by Crippen LogP contribution is 2.35. The summed E-state index contributed by atoms with van der Waals surface area (Å²) in [5.41, 5.74) is 0.0856. The van der Waals surface area contributed by atoms with Crippen molar-refractivity contribution in [3.63, 3.8) is 0 Å². The maximum atomic E-state index is 13.0. The van der Waals surface area contributed by atoms with Gasteiger partial charge in [0.2, 0.25) is 5.78 Å². The molecular formula is C17H18O8S. The molecule has 1 N–H and O–H groups in total. The fraction of sp³-hybridized carbons (Fsp3) is 0.235. The van der Waals surface area contributed by atoms with Gasteiger partial charge in [-0.2, -0.15) is 8.42 Å². The SMILES string of the molecule is COc1ccc(C(=O)c2cc(S(=O)(=O)O)c(OC)cc2OC)c(OC)c1. The Labute approximate surface area is 151 Å². The van der Waals surface area contributed by atoms with Gasteiger partial charge in [-0.3, -0.25) is 9.35 Å². The van der Waals surface area contributed by atoms with Gasteiger partial charge in [0, 0.05) is 12.1 Å². The van der Waals surface area contributed by atoms with Crippen LogP contribution in [0.15, 0.2) is 35.2 Å². The Bertz CT molecular complexity index is 934. The lowest BCUT2D eigenvalue weighted by atomic mass is 10.0. The highest BCUT2D eigenvalue weighted by atomic mass is 32.2. The van der Waals surface area contributed by atoms with Gasteiger partial charge in [0.25, 0.3) is 10.1 Å². The van der Waals surface area contributed by atoms with E-state index in [0.717, 1.165) is 6.07 Å². The van der Waals surface area contributed by atoms with Crippen molar-refractivity contribution in [3.8, 4) is 23.0 Å². The fourth-order valence-corrected chi connectivity index (χ4v) is 3.04. The first kappa shape index (κ1) is 19.5. The van der Waals surface area contributed by atoms with Gasteiger partial charge in [0.15, 0.2) is 0 Å². The van der Waals surface area contributed by atoms with Crippen LogP contribution in [0.3, 0.4) is 0 Å². The maximum Gasteiger partial charge on any atom is 0.298 e. The number of methoxy groups -OCH3 is 4. The van der Waals surface area contributed by atoms with E-state index in [2.05, 4.69) is 0 Å². The molecule has 2 aromatic rings. The highest BCUT2D eigenvalue weighted by molar-refractivity contribution is 7.86. The normalized spacial score (nSPS) is 11.0. The van der Waals surface area contributed by atoms with Crippen LogP contribution in [0.5, 0.6) is 23.0 Å². The van der Waals surface area contributed by atoms with E-state index in [1.54, 1.807) is 6.07 Å². The average Bonchev–Trinajstić information content (AvgIpc) is 2.64. The predicted octanol–water partition coefficient (Wildman–Crippen LogP) is 2.20. The molecule has 0 heterocycles. The Kier molecular flexibility index (Phi) is 5.73. The molecular weight excluding hydrogens is 364 g/mol. The second kappa shape index (κ2) is 7.63. The van der Waals surface area contributed by atoms with E-state index in [-0.39, 0.29) is 28.4 Å². The summed E-state index contributed by atoms with van der Waals surface area (Å²) in [7, 11) is 0.800. The molecule has 8 nitrogen and oxygen atoms in total. The summed E-state index contributed by atoms with van der Waals surface area (Å²) in [6.45, 7) is 0. The van der Waals surface area contributed by atoms with Gasteiger partial charge < -0.3 is 18.9 Å². The van der Waals surface area contributed by atoms with Crippen molar-refractivity contribution in [2.24, 2.45) is 0 Å². The lowest BCUT2D eigenvalue weighted by Gasteiger charge is -2.14. The molecule has 2 rings (SSSR count). The second-order valence-electron chi connectivity index (χ2n) is 5.07. The van der Waals surface area contributed by atoms with Crippen LogP contribution in [0.1, 0.15) is 15.9 Å². The van der Waals surface area contributed by atoms with Crippen LogP contribution in [0.25, 0.3) is 0 Å². The summed E-state index contributed by atoms with van der Waals surface area (Å²) in [6.07, 6.45) is 0. The van der Waals surface area contributed by atoms with Gasteiger partial charge >= 0.3 is 0 Å². The number of carbonyl (C=O) groups is 1. The van der Waals surface area contributed by atoms with Crippen LogP contribution in [0.4, 0.5) is 0 Å². The van der Waals surface area contributed by atoms with Crippen LogP contribution in [-0.2, 0) is 10.1 Å². The molecule has 26 heavy (non-hydrogen) atoms. The molecule has 140 valence electrons. The first-order chi connectivity index (χ1) is 12.3. The van der Waals surface area contributed by atoms with Crippen molar-refractivity contribution in [2.45, 2.75) is 4.90 Å². The van der Waals surface area contributed by atoms with E-state index in [0.29, 0.717) is 5.75 Å². The minimum absolute atomic E-state index is 0.0793. The molecule has 0 spiro atoms. The van der Waals surface area contributed by atoms with E-state index in [1.807, 2.05) is 0 Å². The molecule has 0 bridgehead atoms. The van der Waals surface area contributed by atoms with Crippen LogP contribution in [0, 0.1) is 0 Å². The molecule has 9 heteroatoms. The van der Waals surface area contributed by atoms with E-state index in [4.69, 9.17) is 18.9 Å². The van der Waals surface area contributed by atoms with Gasteiger partial charge in [0.1, 0.15) is 27.9 Å². The predicted molar refractivity (Wildman–Crippen MR) is 92.3 cm³/mol. The van der Waals surface area contributed by atoms with Crippen molar-refractivity contribution in [1.29, 1.82) is 0 Å². The Morgan fingerprint density at radius 1 is 0.808 bits per heavy atom. The monoisotopic (exact) mass is 382 g/mol. The van der Waals surface area contributed by atoms with Gasteiger partial charge in [0.05, 0.1) is 39.6 Å². The zero-order valence-corrected chi connectivity index (χ0v) is 15.4. The van der Waals surface area contributed by atoms with Gasteiger partial charge in [-0.25, -0.2) is 0 Å². The van der Waals surface area contributed by atoms with Crippen LogP contribution < -0.4 is 18.9 Å². The summed E-state index contributed by atoms with van der Waals surface area (Å²) in [4.78, 5) is 12.4. The smallest absolute Gasteiger partial charge is 0.298 e. The number of hydrogen-bond acceptors (Lipinski definition) is 7.